The van der Waals surface area contributed by atoms with Crippen molar-refractivity contribution in [1.29, 1.82) is 0 Å². The maximum Gasteiger partial charge on any atom is 0.162 e. The van der Waals surface area contributed by atoms with Crippen molar-refractivity contribution in [2.45, 2.75) is 39.2 Å². The van der Waals surface area contributed by atoms with Crippen LogP contribution in [-0.2, 0) is 6.42 Å². The van der Waals surface area contributed by atoms with Crippen molar-refractivity contribution in [3.63, 3.8) is 0 Å². The first-order valence-electron chi connectivity index (χ1n) is 6.24. The number of hydrogen-bond donors (Lipinski definition) is 1. The maximum atomic E-state index is 13.6. The fraction of sp³-hybridized carbons (Fsp3) is 0.571. The van der Waals surface area contributed by atoms with Crippen LogP contribution in [-0.4, -0.2) is 13.1 Å². The summed E-state index contributed by atoms with van der Waals surface area (Å²) in [5.41, 5.74) is 0.455. The molecule has 0 aliphatic rings. The molecular weight excluding hydrogens is 220 g/mol. The van der Waals surface area contributed by atoms with Gasteiger partial charge >= 0.3 is 0 Å². The van der Waals surface area contributed by atoms with Gasteiger partial charge in [-0.25, -0.2) is 8.78 Å². The third-order valence-electron chi connectivity index (χ3n) is 3.46. The van der Waals surface area contributed by atoms with E-state index in [2.05, 4.69) is 19.2 Å². The van der Waals surface area contributed by atoms with Crippen LogP contribution < -0.4 is 5.32 Å². The Labute approximate surface area is 102 Å². The Morgan fingerprint density at radius 1 is 1.18 bits per heavy atom. The molecule has 1 nitrogen and oxygen atoms in total. The molecule has 1 rings (SSSR count). The van der Waals surface area contributed by atoms with Crippen LogP contribution in [0.1, 0.15) is 32.3 Å². The predicted molar refractivity (Wildman–Crippen MR) is 67.0 cm³/mol. The standard InChI is InChI=1S/C14H21F2N/c1-4-10(5-2)13(17-3)9-11-7-6-8-12(15)14(11)16/h6-8,10,13,17H,4-5,9H2,1-3H3. The van der Waals surface area contributed by atoms with E-state index in [1.807, 2.05) is 7.05 Å². The van der Waals surface area contributed by atoms with E-state index >= 15 is 0 Å². The molecule has 1 atom stereocenters. The first-order valence-corrected chi connectivity index (χ1v) is 6.24. The molecule has 0 saturated heterocycles. The summed E-state index contributed by atoms with van der Waals surface area (Å²) >= 11 is 0. The Kier molecular flexibility index (Phi) is 5.56. The number of rotatable bonds is 6. The zero-order chi connectivity index (χ0) is 12.8. The molecule has 0 fully saturated rings. The molecule has 0 aliphatic carbocycles. The average molecular weight is 241 g/mol. The summed E-state index contributed by atoms with van der Waals surface area (Å²) in [6.07, 6.45) is 2.62. The third-order valence-corrected chi connectivity index (χ3v) is 3.46. The van der Waals surface area contributed by atoms with Gasteiger partial charge in [-0.2, -0.15) is 0 Å². The number of benzene rings is 1. The number of halogens is 2. The van der Waals surface area contributed by atoms with Gasteiger partial charge in [-0.05, 0) is 31.0 Å². The summed E-state index contributed by atoms with van der Waals surface area (Å²) in [6.45, 7) is 4.25. The fourth-order valence-electron chi connectivity index (χ4n) is 2.31. The highest BCUT2D eigenvalue weighted by atomic mass is 19.2. The van der Waals surface area contributed by atoms with Crippen molar-refractivity contribution in [3.8, 4) is 0 Å². The van der Waals surface area contributed by atoms with E-state index in [-0.39, 0.29) is 6.04 Å². The summed E-state index contributed by atoms with van der Waals surface area (Å²) in [7, 11) is 1.88. The Morgan fingerprint density at radius 3 is 2.35 bits per heavy atom. The van der Waals surface area contributed by atoms with E-state index in [1.54, 1.807) is 12.1 Å². The van der Waals surface area contributed by atoms with Crippen LogP contribution in [0.4, 0.5) is 8.78 Å². The number of likely N-dealkylation sites (N-methyl/N-ethyl adjacent to an activating group) is 1. The summed E-state index contributed by atoms with van der Waals surface area (Å²) in [5.74, 6) is -0.983. The molecule has 0 aliphatic heterocycles. The molecule has 0 aromatic heterocycles. The normalized spacial score (nSPS) is 13.1. The molecule has 1 aromatic carbocycles. The van der Waals surface area contributed by atoms with E-state index in [4.69, 9.17) is 0 Å². The van der Waals surface area contributed by atoms with Gasteiger partial charge in [-0.15, -0.1) is 0 Å². The predicted octanol–water partition coefficient (Wildman–Crippen LogP) is 3.53. The highest BCUT2D eigenvalue weighted by Crippen LogP contribution is 2.20. The van der Waals surface area contributed by atoms with Crippen molar-refractivity contribution in [2.24, 2.45) is 5.92 Å². The van der Waals surface area contributed by atoms with Gasteiger partial charge in [0.2, 0.25) is 0 Å². The lowest BCUT2D eigenvalue weighted by Crippen LogP contribution is -2.35. The molecule has 0 bridgehead atoms. The molecule has 0 amide bonds. The van der Waals surface area contributed by atoms with Crippen LogP contribution in [0.3, 0.4) is 0 Å². The molecule has 3 heteroatoms. The lowest BCUT2D eigenvalue weighted by atomic mass is 9.89. The minimum Gasteiger partial charge on any atom is -0.316 e. The second-order valence-electron chi connectivity index (χ2n) is 4.39. The monoisotopic (exact) mass is 241 g/mol. The summed E-state index contributed by atoms with van der Waals surface area (Å²) in [4.78, 5) is 0. The fourth-order valence-corrected chi connectivity index (χ4v) is 2.31. The third kappa shape index (κ3) is 3.50. The van der Waals surface area contributed by atoms with Gasteiger partial charge in [-0.1, -0.05) is 38.8 Å². The quantitative estimate of drug-likeness (QED) is 0.803. The van der Waals surface area contributed by atoms with Gasteiger partial charge in [0, 0.05) is 6.04 Å². The lowest BCUT2D eigenvalue weighted by molar-refractivity contribution is 0.344. The van der Waals surface area contributed by atoms with Gasteiger partial charge in [0.15, 0.2) is 11.6 Å². The SMILES string of the molecule is CCC(CC)C(Cc1cccc(F)c1F)NC. The minimum absolute atomic E-state index is 0.196. The molecule has 0 saturated carbocycles. The molecule has 1 N–H and O–H groups in total. The van der Waals surface area contributed by atoms with Crippen LogP contribution >= 0.6 is 0 Å². The number of nitrogens with one attached hydrogen (secondary N) is 1. The van der Waals surface area contributed by atoms with Crippen LogP contribution in [0.2, 0.25) is 0 Å². The Bertz CT molecular complexity index is 348. The summed E-state index contributed by atoms with van der Waals surface area (Å²) < 4.78 is 26.7. The van der Waals surface area contributed by atoms with Gasteiger partial charge in [0.05, 0.1) is 0 Å². The average Bonchev–Trinajstić information content (AvgIpc) is 2.34. The molecule has 17 heavy (non-hydrogen) atoms. The molecule has 0 spiro atoms. The highest BCUT2D eigenvalue weighted by molar-refractivity contribution is 5.20. The summed E-state index contributed by atoms with van der Waals surface area (Å²) in [5, 5.41) is 3.21. The van der Waals surface area contributed by atoms with E-state index in [9.17, 15) is 8.78 Å². The minimum atomic E-state index is -0.762. The molecule has 0 heterocycles. The van der Waals surface area contributed by atoms with Crippen molar-refractivity contribution >= 4 is 0 Å². The van der Waals surface area contributed by atoms with Crippen LogP contribution in [0.15, 0.2) is 18.2 Å². The smallest absolute Gasteiger partial charge is 0.162 e. The van der Waals surface area contributed by atoms with Crippen LogP contribution in [0.5, 0.6) is 0 Å². The van der Waals surface area contributed by atoms with E-state index in [0.29, 0.717) is 17.9 Å². The first kappa shape index (κ1) is 14.1. The topological polar surface area (TPSA) is 12.0 Å². The van der Waals surface area contributed by atoms with Gasteiger partial charge in [0.25, 0.3) is 0 Å². The van der Waals surface area contributed by atoms with Crippen molar-refractivity contribution < 1.29 is 8.78 Å². The highest BCUT2D eigenvalue weighted by Gasteiger charge is 2.19. The van der Waals surface area contributed by atoms with Gasteiger partial charge in [-0.3, -0.25) is 0 Å². The molecule has 0 radical (unpaired) electrons. The van der Waals surface area contributed by atoms with Gasteiger partial charge in [0.1, 0.15) is 0 Å². The Hall–Kier alpha value is -0.960. The number of hydrogen-bond acceptors (Lipinski definition) is 1. The van der Waals surface area contributed by atoms with E-state index in [1.165, 1.54) is 0 Å². The largest absolute Gasteiger partial charge is 0.316 e. The second-order valence-corrected chi connectivity index (χ2v) is 4.39. The van der Waals surface area contributed by atoms with Crippen molar-refractivity contribution in [1.82, 2.24) is 5.32 Å². The molecular formula is C14H21F2N. The molecule has 96 valence electrons. The van der Waals surface area contributed by atoms with Gasteiger partial charge < -0.3 is 5.32 Å². The second kappa shape index (κ2) is 6.70. The van der Waals surface area contributed by atoms with Crippen molar-refractivity contribution in [2.75, 3.05) is 7.05 Å². The lowest BCUT2D eigenvalue weighted by Gasteiger charge is -2.25. The Balaban J connectivity index is 2.83. The summed E-state index contributed by atoms with van der Waals surface area (Å²) in [6, 6.07) is 4.57. The Morgan fingerprint density at radius 2 is 1.82 bits per heavy atom. The van der Waals surface area contributed by atoms with Crippen LogP contribution in [0.25, 0.3) is 0 Å². The maximum absolute atomic E-state index is 13.6. The van der Waals surface area contributed by atoms with Crippen molar-refractivity contribution in [3.05, 3.63) is 35.4 Å². The van der Waals surface area contributed by atoms with E-state index < -0.39 is 11.6 Å². The zero-order valence-electron chi connectivity index (χ0n) is 10.8. The zero-order valence-corrected chi connectivity index (χ0v) is 10.8. The van der Waals surface area contributed by atoms with E-state index in [0.717, 1.165) is 18.9 Å². The van der Waals surface area contributed by atoms with Crippen LogP contribution in [0, 0.1) is 17.6 Å². The first-order chi connectivity index (χ1) is 8.13. The molecule has 1 unspecified atom stereocenters. The molecule has 1 aromatic rings.